The minimum Gasteiger partial charge on any atom is -0.497 e. The van der Waals surface area contributed by atoms with Crippen molar-refractivity contribution in [2.45, 2.75) is 0 Å². The largest absolute Gasteiger partial charge is 0.497 e. The van der Waals surface area contributed by atoms with Gasteiger partial charge in [-0.3, -0.25) is 0 Å². The molecule has 1 nitrogen and oxygen atoms in total. The highest BCUT2D eigenvalue weighted by atomic mass is 79.9. The number of rotatable bonds is 2. The summed E-state index contributed by atoms with van der Waals surface area (Å²) >= 11 is 3.46. The Labute approximate surface area is 110 Å². The van der Waals surface area contributed by atoms with Crippen molar-refractivity contribution >= 4 is 15.9 Å². The summed E-state index contributed by atoms with van der Waals surface area (Å²) in [5.41, 5.74) is 3.02. The summed E-state index contributed by atoms with van der Waals surface area (Å²) in [7, 11) is 1.66. The summed E-state index contributed by atoms with van der Waals surface area (Å²) in [5.74, 6) is 3.48. The zero-order valence-electron chi connectivity index (χ0n) is 9.41. The molecule has 0 N–H and O–H groups in total. The van der Waals surface area contributed by atoms with Crippen LogP contribution in [0.3, 0.4) is 0 Å². The first kappa shape index (κ1) is 11.8. The third kappa shape index (κ3) is 2.69. The molecule has 2 heteroatoms. The van der Waals surface area contributed by atoms with E-state index in [4.69, 9.17) is 11.2 Å². The average molecular weight is 287 g/mol. The van der Waals surface area contributed by atoms with Crippen LogP contribution < -0.4 is 4.74 Å². The molecular weight excluding hydrogens is 276 g/mol. The maximum atomic E-state index is 5.43. The summed E-state index contributed by atoms with van der Waals surface area (Å²) < 4.78 is 6.19. The Bertz CT molecular complexity index is 582. The maximum Gasteiger partial charge on any atom is 0.119 e. The fourth-order valence-corrected chi connectivity index (χ4v) is 2.14. The maximum absolute atomic E-state index is 5.43. The summed E-state index contributed by atoms with van der Waals surface area (Å²) in [4.78, 5) is 0. The molecule has 84 valence electrons. The highest BCUT2D eigenvalue weighted by Gasteiger charge is 2.02. The SMILES string of the molecule is C#Cc1cc(Br)cc(-c2cccc(OC)c2)c1. The van der Waals surface area contributed by atoms with Crippen LogP contribution >= 0.6 is 15.9 Å². The van der Waals surface area contributed by atoms with E-state index >= 15 is 0 Å². The molecule has 2 rings (SSSR count). The summed E-state index contributed by atoms with van der Waals surface area (Å²) in [6.07, 6.45) is 5.43. The molecule has 17 heavy (non-hydrogen) atoms. The lowest BCUT2D eigenvalue weighted by atomic mass is 10.0. The Morgan fingerprint density at radius 2 is 1.94 bits per heavy atom. The van der Waals surface area contributed by atoms with Crippen molar-refractivity contribution in [3.8, 4) is 29.2 Å². The lowest BCUT2D eigenvalue weighted by Gasteiger charge is -2.06. The van der Waals surface area contributed by atoms with Gasteiger partial charge in [0.2, 0.25) is 0 Å². The molecule has 0 unspecified atom stereocenters. The van der Waals surface area contributed by atoms with Crippen molar-refractivity contribution in [1.29, 1.82) is 0 Å². The minimum atomic E-state index is 0.838. The monoisotopic (exact) mass is 286 g/mol. The predicted molar refractivity (Wildman–Crippen MR) is 74.1 cm³/mol. The van der Waals surface area contributed by atoms with E-state index in [0.717, 1.165) is 26.9 Å². The number of benzene rings is 2. The number of methoxy groups -OCH3 is 1. The molecule has 0 heterocycles. The lowest BCUT2D eigenvalue weighted by molar-refractivity contribution is 0.415. The second-order valence-corrected chi connectivity index (χ2v) is 4.52. The van der Waals surface area contributed by atoms with Gasteiger partial charge < -0.3 is 4.74 Å². The van der Waals surface area contributed by atoms with Gasteiger partial charge in [-0.2, -0.15) is 0 Å². The van der Waals surface area contributed by atoms with Gasteiger partial charge >= 0.3 is 0 Å². The van der Waals surface area contributed by atoms with Gasteiger partial charge in [0.15, 0.2) is 0 Å². The molecule has 0 spiro atoms. The second-order valence-electron chi connectivity index (χ2n) is 3.60. The molecule has 2 aromatic carbocycles. The minimum absolute atomic E-state index is 0.838. The molecule has 0 aliphatic carbocycles. The smallest absolute Gasteiger partial charge is 0.119 e. The van der Waals surface area contributed by atoms with Crippen LogP contribution in [0.2, 0.25) is 0 Å². The summed E-state index contributed by atoms with van der Waals surface area (Å²) in [6, 6.07) is 13.8. The van der Waals surface area contributed by atoms with Gasteiger partial charge in [-0.15, -0.1) is 6.42 Å². The Kier molecular flexibility index (Phi) is 3.51. The van der Waals surface area contributed by atoms with E-state index in [1.807, 2.05) is 42.5 Å². The van der Waals surface area contributed by atoms with Crippen LogP contribution in [0.25, 0.3) is 11.1 Å². The van der Waals surface area contributed by atoms with Crippen LogP contribution in [-0.2, 0) is 0 Å². The fraction of sp³-hybridized carbons (Fsp3) is 0.0667. The molecule has 0 fully saturated rings. The molecule has 0 bridgehead atoms. The molecule has 0 saturated heterocycles. The Morgan fingerprint density at radius 1 is 1.12 bits per heavy atom. The van der Waals surface area contributed by atoms with E-state index in [9.17, 15) is 0 Å². The average Bonchev–Trinajstić information content (AvgIpc) is 2.38. The highest BCUT2D eigenvalue weighted by Crippen LogP contribution is 2.27. The van der Waals surface area contributed by atoms with E-state index in [1.165, 1.54) is 0 Å². The van der Waals surface area contributed by atoms with Crippen LogP contribution in [0.15, 0.2) is 46.9 Å². The first-order chi connectivity index (χ1) is 8.22. The van der Waals surface area contributed by atoms with Crippen LogP contribution in [0, 0.1) is 12.3 Å². The van der Waals surface area contributed by atoms with Crippen molar-refractivity contribution in [3.05, 3.63) is 52.5 Å². The Morgan fingerprint density at radius 3 is 2.65 bits per heavy atom. The summed E-state index contributed by atoms with van der Waals surface area (Å²) in [6.45, 7) is 0. The number of hydrogen-bond acceptors (Lipinski definition) is 1. The van der Waals surface area contributed by atoms with Crippen LogP contribution in [-0.4, -0.2) is 7.11 Å². The molecule has 0 radical (unpaired) electrons. The number of terminal acetylenes is 1. The van der Waals surface area contributed by atoms with E-state index in [1.54, 1.807) is 7.11 Å². The molecular formula is C15H11BrO. The highest BCUT2D eigenvalue weighted by molar-refractivity contribution is 9.10. The molecule has 0 saturated carbocycles. The van der Waals surface area contributed by atoms with Gasteiger partial charge in [-0.25, -0.2) is 0 Å². The van der Waals surface area contributed by atoms with E-state index in [-0.39, 0.29) is 0 Å². The van der Waals surface area contributed by atoms with Crippen molar-refractivity contribution in [1.82, 2.24) is 0 Å². The first-order valence-electron chi connectivity index (χ1n) is 5.14. The number of halogens is 1. The third-order valence-electron chi connectivity index (χ3n) is 2.47. The van der Waals surface area contributed by atoms with E-state index in [2.05, 4.69) is 21.9 Å². The molecule has 0 aromatic heterocycles. The van der Waals surface area contributed by atoms with Gasteiger partial charge in [-0.05, 0) is 41.5 Å². The van der Waals surface area contributed by atoms with Gasteiger partial charge in [0.05, 0.1) is 7.11 Å². The van der Waals surface area contributed by atoms with Gasteiger partial charge in [0.25, 0.3) is 0 Å². The fourth-order valence-electron chi connectivity index (χ4n) is 1.64. The Balaban J connectivity index is 2.52. The van der Waals surface area contributed by atoms with Gasteiger partial charge in [-0.1, -0.05) is 34.0 Å². The van der Waals surface area contributed by atoms with Crippen LogP contribution in [0.1, 0.15) is 5.56 Å². The van der Waals surface area contributed by atoms with Crippen molar-refractivity contribution in [3.63, 3.8) is 0 Å². The molecule has 0 aliphatic rings. The van der Waals surface area contributed by atoms with E-state index < -0.39 is 0 Å². The number of ether oxygens (including phenoxy) is 1. The molecule has 2 aromatic rings. The van der Waals surface area contributed by atoms with Crippen molar-refractivity contribution in [2.75, 3.05) is 7.11 Å². The third-order valence-corrected chi connectivity index (χ3v) is 2.93. The van der Waals surface area contributed by atoms with Crippen LogP contribution in [0.4, 0.5) is 0 Å². The number of hydrogen-bond donors (Lipinski definition) is 0. The van der Waals surface area contributed by atoms with Gasteiger partial charge in [0, 0.05) is 10.0 Å². The van der Waals surface area contributed by atoms with Gasteiger partial charge in [0.1, 0.15) is 5.75 Å². The zero-order chi connectivity index (χ0) is 12.3. The normalized spacial score (nSPS) is 9.71. The van der Waals surface area contributed by atoms with E-state index in [0.29, 0.717) is 0 Å². The van der Waals surface area contributed by atoms with Crippen molar-refractivity contribution < 1.29 is 4.74 Å². The zero-order valence-corrected chi connectivity index (χ0v) is 11.0. The Hall–Kier alpha value is -1.72. The summed E-state index contributed by atoms with van der Waals surface area (Å²) in [5, 5.41) is 0. The molecule has 0 aliphatic heterocycles. The topological polar surface area (TPSA) is 9.23 Å². The molecule has 0 amide bonds. The predicted octanol–water partition coefficient (Wildman–Crippen LogP) is 4.11. The van der Waals surface area contributed by atoms with Crippen molar-refractivity contribution in [2.24, 2.45) is 0 Å². The second kappa shape index (κ2) is 5.07. The first-order valence-corrected chi connectivity index (χ1v) is 5.94. The quantitative estimate of drug-likeness (QED) is 0.755. The van der Waals surface area contributed by atoms with Crippen LogP contribution in [0.5, 0.6) is 5.75 Å². The lowest BCUT2D eigenvalue weighted by Crippen LogP contribution is -1.85. The molecule has 0 atom stereocenters. The standard InChI is InChI=1S/C15H11BrO/c1-3-11-7-13(9-14(16)8-11)12-5-4-6-15(10-12)17-2/h1,4-10H,2H3.